The van der Waals surface area contributed by atoms with Crippen LogP contribution in [0.25, 0.3) is 22.3 Å². The maximum Gasteiger partial charge on any atom is 0.337 e. The van der Waals surface area contributed by atoms with Crippen LogP contribution in [0.1, 0.15) is 41.4 Å². The Bertz CT molecular complexity index is 1200. The van der Waals surface area contributed by atoms with E-state index in [4.69, 9.17) is 0 Å². The molecule has 3 aromatic carbocycles. The number of hydrogen-bond acceptors (Lipinski definition) is 4. The number of aromatic carboxylic acids is 4. The molecule has 0 aliphatic carbocycles. The minimum Gasteiger partial charge on any atom is -0.478 e. The first-order valence-electron chi connectivity index (χ1n) is 8.53. The smallest absolute Gasteiger partial charge is 0.337 e. The fourth-order valence-electron chi connectivity index (χ4n) is 3.31. The van der Waals surface area contributed by atoms with Gasteiger partial charge in [-0.15, -0.1) is 0 Å². The molecule has 0 unspecified atom stereocenters. The van der Waals surface area contributed by atoms with Gasteiger partial charge in [0, 0.05) is 0 Å². The SMILES string of the molecule is O=C(O)c1cc(-c2ccccc2-c2ccccc2)c(C(=O)O)c(C(=O)O)c1C(=O)O. The van der Waals surface area contributed by atoms with Gasteiger partial charge in [0.2, 0.25) is 0 Å². The first-order chi connectivity index (χ1) is 14.2. The van der Waals surface area contributed by atoms with E-state index in [0.717, 1.165) is 6.07 Å². The van der Waals surface area contributed by atoms with Crippen LogP contribution in [-0.2, 0) is 0 Å². The highest BCUT2D eigenvalue weighted by Crippen LogP contribution is 2.37. The number of benzene rings is 3. The van der Waals surface area contributed by atoms with Crippen LogP contribution in [0.3, 0.4) is 0 Å². The molecular formula is C22H14O8. The molecule has 0 radical (unpaired) electrons. The van der Waals surface area contributed by atoms with E-state index in [2.05, 4.69) is 0 Å². The maximum absolute atomic E-state index is 12.0. The quantitative estimate of drug-likeness (QED) is 0.483. The molecule has 0 heterocycles. The van der Waals surface area contributed by atoms with E-state index in [-0.39, 0.29) is 11.1 Å². The Balaban J connectivity index is 2.52. The highest BCUT2D eigenvalue weighted by molar-refractivity contribution is 6.17. The lowest BCUT2D eigenvalue weighted by Gasteiger charge is -2.17. The van der Waals surface area contributed by atoms with E-state index < -0.39 is 46.1 Å². The van der Waals surface area contributed by atoms with Gasteiger partial charge in [-0.2, -0.15) is 0 Å². The average molecular weight is 406 g/mol. The summed E-state index contributed by atoms with van der Waals surface area (Å²) in [5, 5.41) is 38.3. The monoisotopic (exact) mass is 406 g/mol. The molecule has 0 bridgehead atoms. The summed E-state index contributed by atoms with van der Waals surface area (Å²) in [5.74, 6) is -7.09. The number of carbonyl (C=O) groups is 4. The maximum atomic E-state index is 12.0. The van der Waals surface area contributed by atoms with Crippen LogP contribution in [0.5, 0.6) is 0 Å². The van der Waals surface area contributed by atoms with Gasteiger partial charge < -0.3 is 20.4 Å². The van der Waals surface area contributed by atoms with E-state index in [0.29, 0.717) is 11.1 Å². The zero-order valence-electron chi connectivity index (χ0n) is 15.2. The summed E-state index contributed by atoms with van der Waals surface area (Å²) in [6.45, 7) is 0. The van der Waals surface area contributed by atoms with Crippen molar-refractivity contribution >= 4 is 23.9 Å². The Kier molecular flexibility index (Phi) is 5.33. The van der Waals surface area contributed by atoms with Crippen LogP contribution in [0.2, 0.25) is 0 Å². The molecule has 0 fully saturated rings. The van der Waals surface area contributed by atoms with Gasteiger partial charge in [-0.05, 0) is 28.3 Å². The summed E-state index contributed by atoms with van der Waals surface area (Å²) in [7, 11) is 0. The third-order valence-electron chi connectivity index (χ3n) is 4.50. The summed E-state index contributed by atoms with van der Waals surface area (Å²) in [5.41, 5.74) is -2.54. The summed E-state index contributed by atoms with van der Waals surface area (Å²) in [4.78, 5) is 47.2. The molecule has 8 nitrogen and oxygen atoms in total. The second-order valence-corrected chi connectivity index (χ2v) is 6.23. The van der Waals surface area contributed by atoms with Gasteiger partial charge in [-0.25, -0.2) is 19.2 Å². The van der Waals surface area contributed by atoms with E-state index in [1.165, 1.54) is 6.07 Å². The third-order valence-corrected chi connectivity index (χ3v) is 4.50. The van der Waals surface area contributed by atoms with Crippen LogP contribution < -0.4 is 0 Å². The van der Waals surface area contributed by atoms with Gasteiger partial charge in [-0.3, -0.25) is 0 Å². The van der Waals surface area contributed by atoms with Gasteiger partial charge in [0.05, 0.1) is 22.3 Å². The van der Waals surface area contributed by atoms with E-state index in [9.17, 15) is 39.6 Å². The van der Waals surface area contributed by atoms with Crippen molar-refractivity contribution in [2.75, 3.05) is 0 Å². The summed E-state index contributed by atoms with van der Waals surface area (Å²) in [6, 6.07) is 16.1. The zero-order valence-corrected chi connectivity index (χ0v) is 15.2. The molecule has 0 atom stereocenters. The number of rotatable bonds is 6. The largest absolute Gasteiger partial charge is 0.478 e. The van der Waals surface area contributed by atoms with Gasteiger partial charge in [-0.1, -0.05) is 54.6 Å². The number of carboxylic acid groups (broad SMARTS) is 4. The molecule has 0 aromatic heterocycles. The lowest BCUT2D eigenvalue weighted by molar-refractivity contribution is 0.0620. The van der Waals surface area contributed by atoms with E-state index >= 15 is 0 Å². The van der Waals surface area contributed by atoms with E-state index in [1.54, 1.807) is 48.5 Å². The molecule has 3 rings (SSSR count). The molecule has 8 heteroatoms. The van der Waals surface area contributed by atoms with Crippen molar-refractivity contribution in [1.82, 2.24) is 0 Å². The molecule has 0 saturated carbocycles. The Morgan fingerprint density at radius 2 is 1.00 bits per heavy atom. The molecule has 30 heavy (non-hydrogen) atoms. The fourth-order valence-corrected chi connectivity index (χ4v) is 3.31. The molecule has 0 aliphatic rings. The van der Waals surface area contributed by atoms with Crippen LogP contribution in [-0.4, -0.2) is 44.3 Å². The zero-order chi connectivity index (χ0) is 22.0. The van der Waals surface area contributed by atoms with Crippen molar-refractivity contribution < 1.29 is 39.6 Å². The molecule has 150 valence electrons. The topological polar surface area (TPSA) is 149 Å². The highest BCUT2D eigenvalue weighted by Gasteiger charge is 2.33. The fraction of sp³-hybridized carbons (Fsp3) is 0. The predicted molar refractivity (Wildman–Crippen MR) is 105 cm³/mol. The van der Waals surface area contributed by atoms with Gasteiger partial charge in [0.15, 0.2) is 0 Å². The Morgan fingerprint density at radius 1 is 0.500 bits per heavy atom. The van der Waals surface area contributed by atoms with E-state index in [1.807, 2.05) is 0 Å². The number of hydrogen-bond donors (Lipinski definition) is 4. The van der Waals surface area contributed by atoms with Crippen molar-refractivity contribution in [1.29, 1.82) is 0 Å². The first kappa shape index (κ1) is 20.3. The lowest BCUT2D eigenvalue weighted by atomic mass is 9.85. The normalized spacial score (nSPS) is 10.4. The van der Waals surface area contributed by atoms with Crippen molar-refractivity contribution in [3.63, 3.8) is 0 Å². The summed E-state index contributed by atoms with van der Waals surface area (Å²) in [6.07, 6.45) is 0. The van der Waals surface area contributed by atoms with Crippen LogP contribution in [0.15, 0.2) is 60.7 Å². The number of carboxylic acids is 4. The Morgan fingerprint density at radius 3 is 1.50 bits per heavy atom. The molecule has 0 spiro atoms. The van der Waals surface area contributed by atoms with Gasteiger partial charge >= 0.3 is 23.9 Å². The third kappa shape index (κ3) is 3.49. The van der Waals surface area contributed by atoms with Crippen molar-refractivity contribution in [2.24, 2.45) is 0 Å². The summed E-state index contributed by atoms with van der Waals surface area (Å²) >= 11 is 0. The Labute approximate surface area is 169 Å². The highest BCUT2D eigenvalue weighted by atomic mass is 16.4. The van der Waals surface area contributed by atoms with Gasteiger partial charge in [0.1, 0.15) is 0 Å². The van der Waals surface area contributed by atoms with Crippen LogP contribution in [0.4, 0.5) is 0 Å². The second kappa shape index (κ2) is 7.88. The van der Waals surface area contributed by atoms with Crippen LogP contribution in [0, 0.1) is 0 Å². The molecule has 3 aromatic rings. The molecule has 0 aliphatic heterocycles. The van der Waals surface area contributed by atoms with Gasteiger partial charge in [0.25, 0.3) is 0 Å². The molecule has 0 amide bonds. The van der Waals surface area contributed by atoms with Crippen molar-refractivity contribution in [3.05, 3.63) is 82.9 Å². The second-order valence-electron chi connectivity index (χ2n) is 6.23. The summed E-state index contributed by atoms with van der Waals surface area (Å²) < 4.78 is 0. The average Bonchev–Trinajstić information content (AvgIpc) is 2.72. The lowest BCUT2D eigenvalue weighted by Crippen LogP contribution is -2.20. The standard InChI is InChI=1S/C22H14O8/c23-19(24)15-10-14(16(20(25)26)18(22(29)30)17(15)21(27)28)13-9-5-4-8-12(13)11-6-2-1-3-7-11/h1-10H,(H,23,24)(H,25,26)(H,27,28)(H,29,30). The molecular weight excluding hydrogens is 392 g/mol. The molecule has 4 N–H and O–H groups in total. The predicted octanol–water partition coefficient (Wildman–Crippen LogP) is 3.81. The molecule has 0 saturated heterocycles. The first-order valence-corrected chi connectivity index (χ1v) is 8.53. The Hall–Kier alpha value is -4.46. The van der Waals surface area contributed by atoms with Crippen LogP contribution >= 0.6 is 0 Å². The minimum absolute atomic E-state index is 0.207. The minimum atomic E-state index is -1.86. The van der Waals surface area contributed by atoms with Crippen molar-refractivity contribution in [3.8, 4) is 22.3 Å². The van der Waals surface area contributed by atoms with Crippen molar-refractivity contribution in [2.45, 2.75) is 0 Å².